The molecule has 1 atom stereocenters. The molecule has 1 radical (unpaired) electrons. The minimum Gasteiger partial charge on any atom is -0.399 e. The van der Waals surface area contributed by atoms with Crippen molar-refractivity contribution in [1.29, 1.82) is 0 Å². The minimum atomic E-state index is -0.0185. The molecule has 0 bridgehead atoms. The van der Waals surface area contributed by atoms with E-state index in [1.807, 2.05) is 7.05 Å². The number of nitrogens with zero attached hydrogens (tertiary/aromatic N) is 1. The zero-order valence-electron chi connectivity index (χ0n) is 7.84. The Hall–Kier alpha value is 0.534. The van der Waals surface area contributed by atoms with Gasteiger partial charge in [-0.25, -0.2) is 0 Å². The Labute approximate surface area is 100 Å². The third-order valence-corrected chi connectivity index (χ3v) is 1.53. The van der Waals surface area contributed by atoms with Gasteiger partial charge < -0.3 is 24.1 Å². The summed E-state index contributed by atoms with van der Waals surface area (Å²) >= 11 is 0. The van der Waals surface area contributed by atoms with Gasteiger partial charge in [0.05, 0.1) is 0 Å². The van der Waals surface area contributed by atoms with Crippen LogP contribution in [-0.4, -0.2) is 37.0 Å². The molecule has 1 amide bonds. The molecule has 0 aromatic heterocycles. The van der Waals surface area contributed by atoms with Gasteiger partial charge in [-0.3, -0.25) is 4.79 Å². The molecule has 4 heteroatoms. The van der Waals surface area contributed by atoms with Crippen LogP contribution in [0.5, 0.6) is 0 Å². The maximum absolute atomic E-state index is 10.9. The average molecular weight is 245 g/mol. The van der Waals surface area contributed by atoms with E-state index in [4.69, 9.17) is 0 Å². The van der Waals surface area contributed by atoms with Crippen LogP contribution in [0.3, 0.4) is 0 Å². The molecule has 3 nitrogen and oxygen atoms in total. The molecule has 0 aromatic carbocycles. The molecule has 12 heavy (non-hydrogen) atoms. The first-order valence-corrected chi connectivity index (χ1v) is 3.67. The van der Waals surface area contributed by atoms with Gasteiger partial charge in [-0.2, -0.15) is 0 Å². The van der Waals surface area contributed by atoms with E-state index in [0.29, 0.717) is 13.1 Å². The van der Waals surface area contributed by atoms with E-state index in [1.165, 1.54) is 6.92 Å². The van der Waals surface area contributed by atoms with E-state index < -0.39 is 0 Å². The third kappa shape index (κ3) is 5.23. The van der Waals surface area contributed by atoms with Gasteiger partial charge in [0.1, 0.15) is 0 Å². The fraction of sp³-hybridized carbons (Fsp3) is 0.625. The first-order chi connectivity index (χ1) is 5.13. The van der Waals surface area contributed by atoms with Gasteiger partial charge in [0.15, 0.2) is 0 Å². The molecule has 0 heterocycles. The van der Waals surface area contributed by atoms with E-state index in [9.17, 15) is 4.79 Å². The van der Waals surface area contributed by atoms with Crippen molar-refractivity contribution in [2.75, 3.05) is 20.1 Å². The van der Waals surface area contributed by atoms with Crippen LogP contribution in [0.15, 0.2) is 0 Å². The molecule has 0 saturated heterocycles. The van der Waals surface area contributed by atoms with E-state index in [2.05, 4.69) is 19.2 Å². The van der Waals surface area contributed by atoms with Crippen molar-refractivity contribution in [3.63, 3.8) is 0 Å². The molecule has 0 aliphatic rings. The molecule has 0 rings (SSSR count). The van der Waals surface area contributed by atoms with Crippen molar-refractivity contribution in [3.8, 4) is 0 Å². The van der Waals surface area contributed by atoms with Gasteiger partial charge in [0, 0.05) is 39.6 Å². The quantitative estimate of drug-likeness (QED) is 0.712. The number of rotatable bonds is 4. The van der Waals surface area contributed by atoms with Crippen LogP contribution < -0.4 is 5.32 Å². The standard InChI is InChI=1S/C8H16N2O.Y/c1-5-10(8(3)11)7(2)6-9-4;/h7,9H,1-2,5-6H2,3-4H3;/q-2;. The van der Waals surface area contributed by atoms with E-state index in [0.717, 1.165) is 0 Å². The van der Waals surface area contributed by atoms with Crippen molar-refractivity contribution in [1.82, 2.24) is 10.2 Å². The van der Waals surface area contributed by atoms with E-state index >= 15 is 0 Å². The predicted molar refractivity (Wildman–Crippen MR) is 45.8 cm³/mol. The second-order valence-corrected chi connectivity index (χ2v) is 2.42. The van der Waals surface area contributed by atoms with Gasteiger partial charge in [0.2, 0.25) is 5.91 Å². The topological polar surface area (TPSA) is 32.3 Å². The van der Waals surface area contributed by atoms with Crippen LogP contribution in [0.4, 0.5) is 0 Å². The Kier molecular flexibility index (Phi) is 10.2. The molecular formula is C8H16N2OY-2. The van der Waals surface area contributed by atoms with Gasteiger partial charge in [0.25, 0.3) is 0 Å². The van der Waals surface area contributed by atoms with Crippen molar-refractivity contribution >= 4 is 5.91 Å². The maximum atomic E-state index is 10.9. The molecule has 0 spiro atoms. The van der Waals surface area contributed by atoms with Crippen molar-refractivity contribution in [2.24, 2.45) is 0 Å². The van der Waals surface area contributed by atoms with Crippen LogP contribution in [0, 0.1) is 13.8 Å². The van der Waals surface area contributed by atoms with Crippen LogP contribution in [0.1, 0.15) is 6.92 Å². The smallest absolute Gasteiger partial charge is 0.214 e. The number of hydrogen-bond donors (Lipinski definition) is 1. The number of amides is 1. The number of carbonyl (C=O) groups excluding carboxylic acids is 1. The van der Waals surface area contributed by atoms with Gasteiger partial charge in [-0.1, -0.05) is 6.04 Å². The summed E-state index contributed by atoms with van der Waals surface area (Å²) in [7, 11) is 1.83. The fourth-order valence-electron chi connectivity index (χ4n) is 0.943. The maximum Gasteiger partial charge on any atom is 0.214 e. The molecule has 0 aliphatic heterocycles. The Bertz CT molecular complexity index is 130. The van der Waals surface area contributed by atoms with Crippen molar-refractivity contribution in [3.05, 3.63) is 13.8 Å². The van der Waals surface area contributed by atoms with Gasteiger partial charge in [-0.05, 0) is 13.6 Å². The third-order valence-electron chi connectivity index (χ3n) is 1.53. The van der Waals surface area contributed by atoms with E-state index in [-0.39, 0.29) is 44.7 Å². The van der Waals surface area contributed by atoms with Crippen LogP contribution in [0.2, 0.25) is 0 Å². The molecule has 1 N–H and O–H groups in total. The normalized spacial score (nSPS) is 11.7. The summed E-state index contributed by atoms with van der Waals surface area (Å²) in [6.45, 7) is 10.2. The number of carbonyl (C=O) groups is 1. The largest absolute Gasteiger partial charge is 0.399 e. The molecule has 0 saturated carbocycles. The van der Waals surface area contributed by atoms with Crippen molar-refractivity contribution in [2.45, 2.75) is 13.0 Å². The average Bonchev–Trinajstić information content (AvgIpc) is 1.88. The first kappa shape index (κ1) is 15.0. The second-order valence-electron chi connectivity index (χ2n) is 2.42. The van der Waals surface area contributed by atoms with E-state index in [1.54, 1.807) is 4.90 Å². The summed E-state index contributed by atoms with van der Waals surface area (Å²) in [5.41, 5.74) is 0. The molecular weight excluding hydrogens is 229 g/mol. The summed E-state index contributed by atoms with van der Waals surface area (Å²) in [5, 5.41) is 2.95. The Balaban J connectivity index is 0. The number of likely N-dealkylation sites (N-methyl/N-ethyl adjacent to an activating group) is 1. The zero-order valence-corrected chi connectivity index (χ0v) is 10.7. The van der Waals surface area contributed by atoms with Crippen LogP contribution in [0.25, 0.3) is 0 Å². The van der Waals surface area contributed by atoms with Gasteiger partial charge in [-0.15, -0.1) is 6.54 Å². The molecule has 0 aliphatic carbocycles. The first-order valence-electron chi connectivity index (χ1n) is 3.67. The summed E-state index contributed by atoms with van der Waals surface area (Å²) in [6.07, 6.45) is 0. The Morgan fingerprint density at radius 2 is 2.17 bits per heavy atom. The molecule has 0 aromatic rings. The summed E-state index contributed by atoms with van der Waals surface area (Å²) in [6, 6.07) is -0.0185. The van der Waals surface area contributed by atoms with Crippen LogP contribution >= 0.6 is 0 Å². The summed E-state index contributed by atoms with van der Waals surface area (Å²) in [4.78, 5) is 12.5. The van der Waals surface area contributed by atoms with Crippen molar-refractivity contribution < 1.29 is 37.5 Å². The fourth-order valence-corrected chi connectivity index (χ4v) is 0.943. The SMILES string of the molecule is [CH2-]CN(C(C)=O)C([CH2-])CNC.[Y]. The van der Waals surface area contributed by atoms with Crippen LogP contribution in [-0.2, 0) is 37.5 Å². The number of hydrogen-bond acceptors (Lipinski definition) is 2. The summed E-state index contributed by atoms with van der Waals surface area (Å²) < 4.78 is 0. The summed E-state index contributed by atoms with van der Waals surface area (Å²) in [5.74, 6) is 0.0234. The second kappa shape index (κ2) is 8.15. The molecule has 69 valence electrons. The zero-order chi connectivity index (χ0) is 8.85. The number of nitrogens with one attached hydrogen (secondary N) is 1. The Morgan fingerprint density at radius 1 is 1.67 bits per heavy atom. The monoisotopic (exact) mass is 245 g/mol. The molecule has 0 fully saturated rings. The Morgan fingerprint density at radius 3 is 2.42 bits per heavy atom. The molecule has 1 unspecified atom stereocenters. The van der Waals surface area contributed by atoms with Gasteiger partial charge >= 0.3 is 0 Å². The predicted octanol–water partition coefficient (Wildman–Crippen LogP) is 0.0886. The minimum absolute atomic E-state index is 0.